The maximum atomic E-state index is 13.9. The van der Waals surface area contributed by atoms with Crippen LogP contribution in [-0.2, 0) is 4.74 Å². The summed E-state index contributed by atoms with van der Waals surface area (Å²) in [6.45, 7) is 8.34. The number of halogens is 1. The molecule has 1 aliphatic heterocycles. The van der Waals surface area contributed by atoms with Gasteiger partial charge in [-0.05, 0) is 51.8 Å². The van der Waals surface area contributed by atoms with Gasteiger partial charge in [-0.3, -0.25) is 0 Å². The van der Waals surface area contributed by atoms with Gasteiger partial charge in [-0.1, -0.05) is 11.3 Å². The first kappa shape index (κ1) is 18.0. The second kappa shape index (κ2) is 6.86. The topological polar surface area (TPSA) is 73.1 Å². The number of carbonyl (C=O) groups is 1. The number of aromatic nitrogens is 4. The van der Waals surface area contributed by atoms with Gasteiger partial charge in [-0.25, -0.2) is 14.5 Å². The Hall–Kier alpha value is -2.77. The molecule has 3 heterocycles. The third-order valence-electron chi connectivity index (χ3n) is 4.03. The van der Waals surface area contributed by atoms with Crippen LogP contribution in [0.4, 0.5) is 9.18 Å². The first-order chi connectivity index (χ1) is 12.3. The molecule has 0 N–H and O–H groups in total. The van der Waals surface area contributed by atoms with E-state index in [1.54, 1.807) is 17.0 Å². The molecule has 0 fully saturated rings. The summed E-state index contributed by atoms with van der Waals surface area (Å²) in [6, 6.07) is 3.26. The highest BCUT2D eigenvalue weighted by atomic mass is 19.1. The molecule has 8 heteroatoms. The molecule has 1 aliphatic rings. The van der Waals surface area contributed by atoms with Crippen molar-refractivity contribution in [3.05, 3.63) is 41.7 Å². The molecule has 138 valence electrons. The van der Waals surface area contributed by atoms with Gasteiger partial charge in [0.15, 0.2) is 0 Å². The van der Waals surface area contributed by atoms with Crippen LogP contribution >= 0.6 is 0 Å². The highest BCUT2D eigenvalue weighted by molar-refractivity contribution is 5.72. The number of hydrogen-bond acceptors (Lipinski definition) is 5. The predicted octanol–water partition coefficient (Wildman–Crippen LogP) is 3.13. The Bertz CT molecular complexity index is 854. The van der Waals surface area contributed by atoms with E-state index in [9.17, 15) is 9.18 Å². The Morgan fingerprint density at radius 3 is 2.73 bits per heavy atom. The fraction of sp³-hybridized carbons (Fsp3) is 0.444. The molecule has 0 atom stereocenters. The average molecular weight is 359 g/mol. The molecule has 0 saturated heterocycles. The summed E-state index contributed by atoms with van der Waals surface area (Å²) in [7, 11) is 0. The van der Waals surface area contributed by atoms with Crippen molar-refractivity contribution in [3.63, 3.8) is 0 Å². The molecule has 3 rings (SSSR count). The van der Waals surface area contributed by atoms with Gasteiger partial charge in [-0.15, -0.1) is 5.10 Å². The van der Waals surface area contributed by atoms with Crippen LogP contribution in [0.1, 0.15) is 38.6 Å². The van der Waals surface area contributed by atoms with Gasteiger partial charge >= 0.3 is 6.09 Å². The van der Waals surface area contributed by atoms with Crippen LogP contribution in [0.5, 0.6) is 0 Å². The summed E-state index contributed by atoms with van der Waals surface area (Å²) in [5.74, 6) is -0.597. The third-order valence-corrected chi connectivity index (χ3v) is 4.03. The molecule has 0 unspecified atom stereocenters. The summed E-state index contributed by atoms with van der Waals surface area (Å²) < 4.78 is 20.7. The largest absolute Gasteiger partial charge is 0.444 e. The Labute approximate surface area is 151 Å². The van der Waals surface area contributed by atoms with Crippen molar-refractivity contribution in [3.8, 4) is 5.69 Å². The van der Waals surface area contributed by atoms with Gasteiger partial charge in [-0.2, -0.15) is 4.39 Å². The van der Waals surface area contributed by atoms with Crippen LogP contribution in [0.25, 0.3) is 11.3 Å². The van der Waals surface area contributed by atoms with Crippen molar-refractivity contribution in [2.45, 2.75) is 39.7 Å². The van der Waals surface area contributed by atoms with E-state index < -0.39 is 11.5 Å². The van der Waals surface area contributed by atoms with Crippen molar-refractivity contribution < 1.29 is 13.9 Å². The molecule has 0 bridgehead atoms. The van der Waals surface area contributed by atoms with Gasteiger partial charge in [0.1, 0.15) is 17.0 Å². The first-order valence-corrected chi connectivity index (χ1v) is 8.47. The lowest BCUT2D eigenvalue weighted by Crippen LogP contribution is -2.39. The smallest absolute Gasteiger partial charge is 0.410 e. The molecule has 0 radical (unpaired) electrons. The van der Waals surface area contributed by atoms with E-state index in [0.29, 0.717) is 25.2 Å². The van der Waals surface area contributed by atoms with Crippen LogP contribution in [0, 0.1) is 12.9 Å². The number of carbonyl (C=O) groups excluding carboxylic acids is 1. The minimum atomic E-state index is -0.597. The molecule has 0 aromatic carbocycles. The van der Waals surface area contributed by atoms with Crippen molar-refractivity contribution >= 4 is 11.7 Å². The maximum absolute atomic E-state index is 13.9. The summed E-state index contributed by atoms with van der Waals surface area (Å²) in [6.07, 6.45) is 3.63. The van der Waals surface area contributed by atoms with Crippen LogP contribution in [0.2, 0.25) is 0 Å². The number of amides is 1. The van der Waals surface area contributed by atoms with Crippen LogP contribution < -0.4 is 0 Å². The highest BCUT2D eigenvalue weighted by Gasteiger charge is 2.25. The minimum Gasteiger partial charge on any atom is -0.444 e. The van der Waals surface area contributed by atoms with Crippen LogP contribution in [-0.4, -0.2) is 49.7 Å². The standard InChI is InChI=1S/C18H22FN5O2/c1-12-15(21-22-24(12)14-6-5-9-20-16(14)19)13-7-10-23(11-8-13)17(25)26-18(2,3)4/h5-7,9H,8,10-11H2,1-4H3. The third kappa shape index (κ3) is 3.74. The molecule has 2 aromatic rings. The number of ether oxygens (including phenoxy) is 1. The average Bonchev–Trinajstić information content (AvgIpc) is 2.95. The van der Waals surface area contributed by atoms with Crippen LogP contribution in [0.15, 0.2) is 24.4 Å². The van der Waals surface area contributed by atoms with Gasteiger partial charge in [0, 0.05) is 19.3 Å². The maximum Gasteiger partial charge on any atom is 0.410 e. The van der Waals surface area contributed by atoms with Crippen molar-refractivity contribution in [2.24, 2.45) is 0 Å². The Morgan fingerprint density at radius 2 is 2.12 bits per heavy atom. The number of nitrogens with zero attached hydrogens (tertiary/aromatic N) is 5. The molecular weight excluding hydrogens is 337 g/mol. The van der Waals surface area contributed by atoms with E-state index in [2.05, 4.69) is 15.3 Å². The monoisotopic (exact) mass is 359 g/mol. The molecule has 0 aliphatic carbocycles. The Balaban J connectivity index is 1.78. The van der Waals surface area contributed by atoms with Gasteiger partial charge in [0.05, 0.1) is 5.69 Å². The lowest BCUT2D eigenvalue weighted by atomic mass is 10.0. The minimum absolute atomic E-state index is 0.260. The first-order valence-electron chi connectivity index (χ1n) is 8.47. The zero-order valence-electron chi connectivity index (χ0n) is 15.4. The zero-order chi connectivity index (χ0) is 18.9. The molecule has 1 amide bonds. The molecule has 0 saturated carbocycles. The number of hydrogen-bond donors (Lipinski definition) is 0. The van der Waals surface area contributed by atoms with Crippen LogP contribution in [0.3, 0.4) is 0 Å². The Morgan fingerprint density at radius 1 is 1.35 bits per heavy atom. The van der Waals surface area contributed by atoms with E-state index in [-0.39, 0.29) is 11.8 Å². The highest BCUT2D eigenvalue weighted by Crippen LogP contribution is 2.25. The quantitative estimate of drug-likeness (QED) is 0.770. The zero-order valence-corrected chi connectivity index (χ0v) is 15.4. The second-order valence-corrected chi connectivity index (χ2v) is 7.15. The molecular formula is C18H22FN5O2. The SMILES string of the molecule is Cc1c(C2=CCN(C(=O)OC(C)(C)C)CC2)nnn1-c1cccnc1F. The van der Waals surface area contributed by atoms with Crippen molar-refractivity contribution in [1.82, 2.24) is 24.9 Å². The number of rotatable bonds is 2. The molecule has 26 heavy (non-hydrogen) atoms. The fourth-order valence-corrected chi connectivity index (χ4v) is 2.77. The van der Waals surface area contributed by atoms with E-state index in [4.69, 9.17) is 4.74 Å². The summed E-state index contributed by atoms with van der Waals surface area (Å²) >= 11 is 0. The van der Waals surface area contributed by atoms with Gasteiger partial charge < -0.3 is 9.64 Å². The number of pyridine rings is 1. The van der Waals surface area contributed by atoms with Crippen molar-refractivity contribution in [1.29, 1.82) is 0 Å². The molecule has 7 nitrogen and oxygen atoms in total. The summed E-state index contributed by atoms with van der Waals surface area (Å²) in [5, 5.41) is 8.27. The van der Waals surface area contributed by atoms with Gasteiger partial charge in [0.2, 0.25) is 5.95 Å². The van der Waals surface area contributed by atoms with E-state index in [1.807, 2.05) is 33.8 Å². The summed E-state index contributed by atoms with van der Waals surface area (Å²) in [4.78, 5) is 17.4. The lowest BCUT2D eigenvalue weighted by Gasteiger charge is -2.29. The van der Waals surface area contributed by atoms with E-state index in [1.165, 1.54) is 10.9 Å². The predicted molar refractivity (Wildman–Crippen MR) is 94.3 cm³/mol. The molecule has 2 aromatic heterocycles. The van der Waals surface area contributed by atoms with Gasteiger partial charge in [0.25, 0.3) is 0 Å². The summed E-state index contributed by atoms with van der Waals surface area (Å²) in [5.41, 5.74) is 2.16. The Kier molecular flexibility index (Phi) is 4.76. The van der Waals surface area contributed by atoms with Crippen molar-refractivity contribution in [2.75, 3.05) is 13.1 Å². The van der Waals surface area contributed by atoms with E-state index in [0.717, 1.165) is 11.3 Å². The molecule has 0 spiro atoms. The fourth-order valence-electron chi connectivity index (χ4n) is 2.77. The van der Waals surface area contributed by atoms with E-state index >= 15 is 0 Å². The second-order valence-electron chi connectivity index (χ2n) is 7.15. The lowest BCUT2D eigenvalue weighted by molar-refractivity contribution is 0.0270. The normalized spacial score (nSPS) is 15.0.